The van der Waals surface area contributed by atoms with Crippen LogP contribution in [0.4, 0.5) is 0 Å². The van der Waals surface area contributed by atoms with Crippen LogP contribution in [-0.4, -0.2) is 12.3 Å². The van der Waals surface area contributed by atoms with Gasteiger partial charge in [-0.1, -0.05) is 6.92 Å². The molecule has 0 amide bonds. The van der Waals surface area contributed by atoms with Crippen LogP contribution < -0.4 is 5.73 Å². The first-order valence-electron chi connectivity index (χ1n) is 3.92. The molecule has 0 fully saturated rings. The average molecular weight is 143 g/mol. The zero-order chi connectivity index (χ0) is 7.98. The monoisotopic (exact) mass is 143 g/mol. The van der Waals surface area contributed by atoms with Crippen molar-refractivity contribution >= 4 is 5.78 Å². The molecule has 0 aliphatic carbocycles. The Hall–Kier alpha value is -0.370. The van der Waals surface area contributed by atoms with E-state index < -0.39 is 0 Å². The molecule has 0 rings (SSSR count). The predicted octanol–water partition coefficient (Wildman–Crippen LogP) is 1.34. The van der Waals surface area contributed by atoms with Gasteiger partial charge in [0.1, 0.15) is 5.78 Å². The Balaban J connectivity index is 3.50. The number of hydrogen-bond donors (Lipinski definition) is 1. The van der Waals surface area contributed by atoms with Crippen LogP contribution in [0.3, 0.4) is 0 Å². The SMILES string of the molecule is CCC(CCCN)C(C)=O. The molecule has 1 atom stereocenters. The zero-order valence-electron chi connectivity index (χ0n) is 6.89. The summed E-state index contributed by atoms with van der Waals surface area (Å²) in [4.78, 5) is 10.8. The number of rotatable bonds is 5. The molecule has 0 heterocycles. The van der Waals surface area contributed by atoms with E-state index in [4.69, 9.17) is 5.73 Å². The van der Waals surface area contributed by atoms with Crippen molar-refractivity contribution in [3.05, 3.63) is 0 Å². The van der Waals surface area contributed by atoms with Crippen molar-refractivity contribution in [1.29, 1.82) is 0 Å². The van der Waals surface area contributed by atoms with E-state index in [1.54, 1.807) is 6.92 Å². The van der Waals surface area contributed by atoms with Crippen LogP contribution in [0.2, 0.25) is 0 Å². The first-order chi connectivity index (χ1) is 4.72. The summed E-state index contributed by atoms with van der Waals surface area (Å²) in [6, 6.07) is 0. The molecule has 0 aromatic carbocycles. The second-order valence-corrected chi connectivity index (χ2v) is 2.65. The van der Waals surface area contributed by atoms with Gasteiger partial charge in [-0.05, 0) is 32.7 Å². The van der Waals surface area contributed by atoms with Crippen LogP contribution in [0.1, 0.15) is 33.1 Å². The van der Waals surface area contributed by atoms with Crippen molar-refractivity contribution in [3.8, 4) is 0 Å². The number of carbonyl (C=O) groups is 1. The van der Waals surface area contributed by atoms with Gasteiger partial charge in [0.2, 0.25) is 0 Å². The third kappa shape index (κ3) is 3.62. The summed E-state index contributed by atoms with van der Waals surface area (Å²) < 4.78 is 0. The normalized spacial score (nSPS) is 13.1. The molecule has 0 saturated carbocycles. The van der Waals surface area contributed by atoms with Crippen LogP contribution in [0, 0.1) is 5.92 Å². The maximum absolute atomic E-state index is 10.8. The van der Waals surface area contributed by atoms with Crippen LogP contribution in [-0.2, 0) is 4.79 Å². The Labute approximate surface area is 62.8 Å². The summed E-state index contributed by atoms with van der Waals surface area (Å²) in [7, 11) is 0. The highest BCUT2D eigenvalue weighted by molar-refractivity contribution is 5.78. The molecule has 2 N–H and O–H groups in total. The molecule has 2 nitrogen and oxygen atoms in total. The topological polar surface area (TPSA) is 43.1 Å². The molecule has 0 aromatic heterocycles. The van der Waals surface area contributed by atoms with Crippen LogP contribution in [0.25, 0.3) is 0 Å². The average Bonchev–Trinajstić information content (AvgIpc) is 1.89. The first-order valence-corrected chi connectivity index (χ1v) is 3.92. The fraction of sp³-hybridized carbons (Fsp3) is 0.875. The quantitative estimate of drug-likeness (QED) is 0.631. The minimum atomic E-state index is 0.253. The Morgan fingerprint density at radius 2 is 2.20 bits per heavy atom. The fourth-order valence-electron chi connectivity index (χ4n) is 1.06. The first kappa shape index (κ1) is 9.63. The van der Waals surface area contributed by atoms with E-state index in [-0.39, 0.29) is 5.92 Å². The molecule has 0 aromatic rings. The van der Waals surface area contributed by atoms with Gasteiger partial charge in [-0.2, -0.15) is 0 Å². The largest absolute Gasteiger partial charge is 0.330 e. The number of nitrogens with two attached hydrogens (primary N) is 1. The number of ketones is 1. The van der Waals surface area contributed by atoms with Crippen LogP contribution in [0.15, 0.2) is 0 Å². The summed E-state index contributed by atoms with van der Waals surface area (Å²) in [5.41, 5.74) is 5.32. The van der Waals surface area contributed by atoms with Crippen molar-refractivity contribution < 1.29 is 4.79 Å². The van der Waals surface area contributed by atoms with Gasteiger partial charge in [0.15, 0.2) is 0 Å². The molecule has 2 heteroatoms. The summed E-state index contributed by atoms with van der Waals surface area (Å²) in [6.45, 7) is 4.40. The summed E-state index contributed by atoms with van der Waals surface area (Å²) in [5, 5.41) is 0. The predicted molar refractivity (Wildman–Crippen MR) is 42.8 cm³/mol. The zero-order valence-corrected chi connectivity index (χ0v) is 6.89. The molecule has 1 unspecified atom stereocenters. The fourth-order valence-corrected chi connectivity index (χ4v) is 1.06. The summed E-state index contributed by atoms with van der Waals surface area (Å²) in [5.74, 6) is 0.555. The van der Waals surface area contributed by atoms with Crippen molar-refractivity contribution in [3.63, 3.8) is 0 Å². The van der Waals surface area contributed by atoms with E-state index in [0.29, 0.717) is 12.3 Å². The number of Topliss-reactive ketones (excluding diaryl/α,β-unsaturated/α-hetero) is 1. The third-order valence-electron chi connectivity index (χ3n) is 1.82. The Morgan fingerprint density at radius 3 is 2.50 bits per heavy atom. The molecule has 0 spiro atoms. The lowest BCUT2D eigenvalue weighted by Crippen LogP contribution is -2.11. The van der Waals surface area contributed by atoms with E-state index in [1.807, 2.05) is 6.92 Å². The van der Waals surface area contributed by atoms with Crippen molar-refractivity contribution in [2.24, 2.45) is 11.7 Å². The van der Waals surface area contributed by atoms with Crippen LogP contribution >= 0.6 is 0 Å². The maximum Gasteiger partial charge on any atom is 0.132 e. The van der Waals surface area contributed by atoms with Gasteiger partial charge in [0.05, 0.1) is 0 Å². The molecule has 0 saturated heterocycles. The second kappa shape index (κ2) is 5.42. The van der Waals surface area contributed by atoms with Crippen molar-refractivity contribution in [2.75, 3.05) is 6.54 Å². The molecule has 0 aliphatic heterocycles. The van der Waals surface area contributed by atoms with Gasteiger partial charge in [-0.25, -0.2) is 0 Å². The van der Waals surface area contributed by atoms with Gasteiger partial charge in [-0.3, -0.25) is 4.79 Å². The van der Waals surface area contributed by atoms with Gasteiger partial charge >= 0.3 is 0 Å². The van der Waals surface area contributed by atoms with E-state index >= 15 is 0 Å². The summed E-state index contributed by atoms with van der Waals surface area (Å²) >= 11 is 0. The highest BCUT2D eigenvalue weighted by Gasteiger charge is 2.09. The Kier molecular flexibility index (Phi) is 5.22. The molecular weight excluding hydrogens is 126 g/mol. The minimum Gasteiger partial charge on any atom is -0.330 e. The van der Waals surface area contributed by atoms with Gasteiger partial charge in [0, 0.05) is 5.92 Å². The van der Waals surface area contributed by atoms with E-state index in [9.17, 15) is 4.79 Å². The lowest BCUT2D eigenvalue weighted by Gasteiger charge is -2.08. The van der Waals surface area contributed by atoms with Gasteiger partial charge in [0.25, 0.3) is 0 Å². The molecule has 0 radical (unpaired) electrons. The smallest absolute Gasteiger partial charge is 0.132 e. The Bertz CT molecular complexity index is 101. The molecule has 60 valence electrons. The minimum absolute atomic E-state index is 0.253. The van der Waals surface area contributed by atoms with E-state index in [0.717, 1.165) is 19.3 Å². The van der Waals surface area contributed by atoms with E-state index in [1.165, 1.54) is 0 Å². The molecule has 0 aliphatic rings. The van der Waals surface area contributed by atoms with Crippen molar-refractivity contribution in [2.45, 2.75) is 33.1 Å². The lowest BCUT2D eigenvalue weighted by atomic mass is 9.97. The van der Waals surface area contributed by atoms with Gasteiger partial charge in [-0.15, -0.1) is 0 Å². The van der Waals surface area contributed by atoms with Gasteiger partial charge < -0.3 is 5.73 Å². The molecule has 10 heavy (non-hydrogen) atoms. The van der Waals surface area contributed by atoms with Crippen LogP contribution in [0.5, 0.6) is 0 Å². The van der Waals surface area contributed by atoms with E-state index in [2.05, 4.69) is 0 Å². The Morgan fingerprint density at radius 1 is 1.60 bits per heavy atom. The maximum atomic E-state index is 10.8. The highest BCUT2D eigenvalue weighted by Crippen LogP contribution is 2.10. The third-order valence-corrected chi connectivity index (χ3v) is 1.82. The standard InChI is InChI=1S/C8H17NO/c1-3-8(7(2)10)5-4-6-9/h8H,3-6,9H2,1-2H3. The highest BCUT2D eigenvalue weighted by atomic mass is 16.1. The second-order valence-electron chi connectivity index (χ2n) is 2.65. The lowest BCUT2D eigenvalue weighted by molar-refractivity contribution is -0.121. The molecule has 0 bridgehead atoms. The summed E-state index contributed by atoms with van der Waals surface area (Å²) in [6.07, 6.45) is 2.88. The van der Waals surface area contributed by atoms with Crippen molar-refractivity contribution in [1.82, 2.24) is 0 Å². The number of carbonyl (C=O) groups excluding carboxylic acids is 1. The number of hydrogen-bond acceptors (Lipinski definition) is 2. The molecular formula is C8H17NO.